The monoisotopic (exact) mass is 376 g/mol. The number of nitrogens with one attached hydrogen (secondary N) is 3. The first-order chi connectivity index (χ1) is 13.7. The van der Waals surface area contributed by atoms with Crippen molar-refractivity contribution in [1.82, 2.24) is 10.6 Å². The quantitative estimate of drug-likeness (QED) is 0.453. The molecule has 28 heavy (non-hydrogen) atoms. The highest BCUT2D eigenvalue weighted by molar-refractivity contribution is 6.02. The fraction of sp³-hybridized carbons (Fsp3) is 0.182. The number of hydrogen-bond donors (Lipinski definition) is 3. The molecule has 144 valence electrons. The van der Waals surface area contributed by atoms with Gasteiger partial charge in [-0.2, -0.15) is 0 Å². The van der Waals surface area contributed by atoms with E-state index < -0.39 is 0 Å². The highest BCUT2D eigenvalue weighted by Gasteiger charge is 2.08. The average Bonchev–Trinajstić information content (AvgIpc) is 3.25. The van der Waals surface area contributed by atoms with Gasteiger partial charge in [-0.05, 0) is 47.9 Å². The van der Waals surface area contributed by atoms with Crippen molar-refractivity contribution in [2.75, 3.05) is 12.4 Å². The van der Waals surface area contributed by atoms with Crippen molar-refractivity contribution < 1.29 is 9.21 Å². The van der Waals surface area contributed by atoms with E-state index in [1.165, 1.54) is 17.4 Å². The SMILES string of the molecule is CN=C(NCc1ccc(NC(=O)c2ccco2)cc1)NCc1ccccc1C. The molecule has 6 heteroatoms. The predicted octanol–water partition coefficient (Wildman–Crippen LogP) is 3.71. The van der Waals surface area contributed by atoms with Gasteiger partial charge in [-0.25, -0.2) is 0 Å². The molecular formula is C22H24N4O2. The Hall–Kier alpha value is -3.54. The Kier molecular flexibility index (Phi) is 6.46. The van der Waals surface area contributed by atoms with Crippen LogP contribution in [0, 0.1) is 6.92 Å². The van der Waals surface area contributed by atoms with Crippen molar-refractivity contribution in [3.05, 3.63) is 89.4 Å². The standard InChI is InChI=1S/C22H24N4O2/c1-16-6-3-4-7-18(16)15-25-22(23-2)24-14-17-9-11-19(12-10-17)26-21(27)20-8-5-13-28-20/h3-13H,14-15H2,1-2H3,(H,26,27)(H2,23,24,25). The number of anilines is 1. The average molecular weight is 376 g/mol. The van der Waals surface area contributed by atoms with Gasteiger partial charge in [0.15, 0.2) is 11.7 Å². The highest BCUT2D eigenvalue weighted by Crippen LogP contribution is 2.12. The van der Waals surface area contributed by atoms with Gasteiger partial charge in [0, 0.05) is 25.8 Å². The van der Waals surface area contributed by atoms with Crippen molar-refractivity contribution in [1.29, 1.82) is 0 Å². The molecule has 0 aliphatic heterocycles. The van der Waals surface area contributed by atoms with E-state index in [2.05, 4.69) is 40.0 Å². The highest BCUT2D eigenvalue weighted by atomic mass is 16.3. The van der Waals surface area contributed by atoms with Crippen LogP contribution in [0.3, 0.4) is 0 Å². The van der Waals surface area contributed by atoms with Crippen molar-refractivity contribution in [3.8, 4) is 0 Å². The maximum atomic E-state index is 12.0. The van der Waals surface area contributed by atoms with E-state index in [0.717, 1.165) is 11.5 Å². The molecule has 0 aliphatic rings. The maximum absolute atomic E-state index is 12.0. The smallest absolute Gasteiger partial charge is 0.291 e. The number of aryl methyl sites for hydroxylation is 1. The van der Waals surface area contributed by atoms with Crippen LogP contribution >= 0.6 is 0 Å². The second kappa shape index (κ2) is 9.41. The molecule has 3 N–H and O–H groups in total. The molecule has 1 amide bonds. The van der Waals surface area contributed by atoms with Crippen LogP contribution in [0.4, 0.5) is 5.69 Å². The molecule has 0 fully saturated rings. The minimum atomic E-state index is -0.267. The normalized spacial score (nSPS) is 11.1. The third kappa shape index (κ3) is 5.23. The van der Waals surface area contributed by atoms with E-state index in [4.69, 9.17) is 4.42 Å². The molecule has 6 nitrogen and oxygen atoms in total. The van der Waals surface area contributed by atoms with Crippen molar-refractivity contribution >= 4 is 17.6 Å². The first-order valence-electron chi connectivity index (χ1n) is 9.08. The molecule has 0 atom stereocenters. The molecule has 3 rings (SSSR count). The molecule has 0 spiro atoms. The van der Waals surface area contributed by atoms with Crippen LogP contribution in [0.1, 0.15) is 27.2 Å². The third-order valence-corrected chi connectivity index (χ3v) is 4.35. The number of rotatable bonds is 6. The predicted molar refractivity (Wildman–Crippen MR) is 111 cm³/mol. The zero-order valence-electron chi connectivity index (χ0n) is 16.0. The van der Waals surface area contributed by atoms with Crippen LogP contribution in [0.15, 0.2) is 76.3 Å². The second-order valence-electron chi connectivity index (χ2n) is 6.33. The van der Waals surface area contributed by atoms with E-state index in [-0.39, 0.29) is 11.7 Å². The molecule has 2 aromatic carbocycles. The van der Waals surface area contributed by atoms with E-state index in [0.29, 0.717) is 18.8 Å². The van der Waals surface area contributed by atoms with Gasteiger partial charge < -0.3 is 20.4 Å². The summed E-state index contributed by atoms with van der Waals surface area (Å²) in [4.78, 5) is 16.2. The lowest BCUT2D eigenvalue weighted by Gasteiger charge is -2.13. The van der Waals surface area contributed by atoms with Gasteiger partial charge in [0.1, 0.15) is 0 Å². The van der Waals surface area contributed by atoms with Crippen molar-refractivity contribution in [2.24, 2.45) is 4.99 Å². The maximum Gasteiger partial charge on any atom is 0.291 e. The largest absolute Gasteiger partial charge is 0.459 e. The van der Waals surface area contributed by atoms with Gasteiger partial charge in [0.25, 0.3) is 5.91 Å². The van der Waals surface area contributed by atoms with Gasteiger partial charge in [-0.15, -0.1) is 0 Å². The Labute approximate surface area is 164 Å². The van der Waals surface area contributed by atoms with E-state index in [1.807, 2.05) is 36.4 Å². The van der Waals surface area contributed by atoms with Crippen LogP contribution in [0.5, 0.6) is 0 Å². The van der Waals surface area contributed by atoms with Crippen LogP contribution in [-0.2, 0) is 13.1 Å². The number of furan rings is 1. The summed E-state index contributed by atoms with van der Waals surface area (Å²) in [6.45, 7) is 3.43. The summed E-state index contributed by atoms with van der Waals surface area (Å²) in [6.07, 6.45) is 1.48. The van der Waals surface area contributed by atoms with E-state index >= 15 is 0 Å². The van der Waals surface area contributed by atoms with Gasteiger partial charge in [0.2, 0.25) is 0 Å². The summed E-state index contributed by atoms with van der Waals surface area (Å²) in [7, 11) is 1.75. The zero-order valence-corrected chi connectivity index (χ0v) is 16.0. The molecule has 0 saturated carbocycles. The summed E-state index contributed by atoms with van der Waals surface area (Å²) in [6, 6.07) is 19.2. The molecule has 0 radical (unpaired) electrons. The Balaban J connectivity index is 1.49. The fourth-order valence-corrected chi connectivity index (χ4v) is 2.70. The number of guanidine groups is 1. The lowest BCUT2D eigenvalue weighted by molar-refractivity contribution is 0.0996. The van der Waals surface area contributed by atoms with Crippen LogP contribution in [0.25, 0.3) is 0 Å². The van der Waals surface area contributed by atoms with Gasteiger partial charge in [-0.3, -0.25) is 9.79 Å². The third-order valence-electron chi connectivity index (χ3n) is 4.35. The molecule has 0 unspecified atom stereocenters. The molecular weight excluding hydrogens is 352 g/mol. The number of carbonyl (C=O) groups is 1. The summed E-state index contributed by atoms with van der Waals surface area (Å²) in [5, 5.41) is 9.42. The van der Waals surface area contributed by atoms with Crippen LogP contribution < -0.4 is 16.0 Å². The Morgan fingerprint density at radius 2 is 1.71 bits per heavy atom. The molecule has 1 aromatic heterocycles. The fourth-order valence-electron chi connectivity index (χ4n) is 2.70. The molecule has 1 heterocycles. The number of carbonyl (C=O) groups excluding carboxylic acids is 1. The van der Waals surface area contributed by atoms with Gasteiger partial charge >= 0.3 is 0 Å². The van der Waals surface area contributed by atoms with Gasteiger partial charge in [0.05, 0.1) is 6.26 Å². The number of hydrogen-bond acceptors (Lipinski definition) is 3. The minimum absolute atomic E-state index is 0.267. The van der Waals surface area contributed by atoms with Crippen molar-refractivity contribution in [3.63, 3.8) is 0 Å². The van der Waals surface area contributed by atoms with Crippen molar-refractivity contribution in [2.45, 2.75) is 20.0 Å². The first-order valence-corrected chi connectivity index (χ1v) is 9.08. The number of amides is 1. The first kappa shape index (κ1) is 19.2. The van der Waals surface area contributed by atoms with Crippen LogP contribution in [0.2, 0.25) is 0 Å². The number of aliphatic imine (C=N–C) groups is 1. The molecule has 0 bridgehead atoms. The molecule has 0 aliphatic carbocycles. The second-order valence-corrected chi connectivity index (χ2v) is 6.33. The van der Waals surface area contributed by atoms with Crippen LogP contribution in [-0.4, -0.2) is 18.9 Å². The number of benzene rings is 2. The summed E-state index contributed by atoms with van der Waals surface area (Å²) >= 11 is 0. The Bertz CT molecular complexity index is 931. The van der Waals surface area contributed by atoms with Gasteiger partial charge in [-0.1, -0.05) is 36.4 Å². The lowest BCUT2D eigenvalue weighted by atomic mass is 10.1. The Morgan fingerprint density at radius 1 is 0.964 bits per heavy atom. The summed E-state index contributed by atoms with van der Waals surface area (Å²) in [5.74, 6) is 0.754. The lowest BCUT2D eigenvalue weighted by Crippen LogP contribution is -2.36. The molecule has 3 aromatic rings. The summed E-state index contributed by atoms with van der Waals surface area (Å²) in [5.41, 5.74) is 4.28. The minimum Gasteiger partial charge on any atom is -0.459 e. The topological polar surface area (TPSA) is 78.7 Å². The van der Waals surface area contributed by atoms with E-state index in [1.54, 1.807) is 19.2 Å². The Morgan fingerprint density at radius 3 is 2.39 bits per heavy atom. The summed E-state index contributed by atoms with van der Waals surface area (Å²) < 4.78 is 5.09. The zero-order chi connectivity index (χ0) is 19.8. The molecule has 0 saturated heterocycles. The number of nitrogens with zero attached hydrogens (tertiary/aromatic N) is 1. The van der Waals surface area contributed by atoms with E-state index in [9.17, 15) is 4.79 Å².